The number of aryl methyl sites for hydroxylation is 1. The maximum Gasteiger partial charge on any atom is 0.185 e. The molecule has 1 N–H and O–H groups in total. The number of Topliss-reactive ketones (excluding diaryl/α,β-unsaturated/α-hetero) is 1. The highest BCUT2D eigenvalue weighted by Crippen LogP contribution is 2.29. The van der Waals surface area contributed by atoms with Gasteiger partial charge in [0, 0.05) is 24.2 Å². The Kier molecular flexibility index (Phi) is 6.99. The van der Waals surface area contributed by atoms with E-state index >= 15 is 0 Å². The Labute approximate surface area is 167 Å². The number of likely N-dealkylation sites (N-methyl/N-ethyl adjacent to an activating group) is 1. The van der Waals surface area contributed by atoms with Crippen molar-refractivity contribution in [3.05, 3.63) is 77.6 Å². The number of hydrogen-bond acceptors (Lipinski definition) is 3. The van der Waals surface area contributed by atoms with Crippen LogP contribution in [0.2, 0.25) is 0 Å². The van der Waals surface area contributed by atoms with Crippen molar-refractivity contribution in [1.29, 1.82) is 0 Å². The summed E-state index contributed by atoms with van der Waals surface area (Å²) in [5.74, 6) is -0.308. The third kappa shape index (κ3) is 5.29. The van der Waals surface area contributed by atoms with E-state index in [0.717, 1.165) is 25.2 Å². The lowest BCUT2D eigenvalue weighted by Crippen LogP contribution is -2.26. The van der Waals surface area contributed by atoms with Crippen LogP contribution in [0, 0.1) is 5.82 Å². The number of carbonyl (C=O) groups excluding carboxylic acids is 1. The lowest BCUT2D eigenvalue weighted by molar-refractivity contribution is 0.0971. The molecule has 2 aromatic rings. The lowest BCUT2D eigenvalue weighted by Gasteiger charge is -2.13. The van der Waals surface area contributed by atoms with Crippen molar-refractivity contribution < 1.29 is 9.18 Å². The van der Waals surface area contributed by atoms with E-state index in [0.29, 0.717) is 12.0 Å². The second-order valence-corrected chi connectivity index (χ2v) is 7.63. The second kappa shape index (κ2) is 9.65. The second-order valence-electron chi connectivity index (χ2n) is 7.63. The van der Waals surface area contributed by atoms with Crippen LogP contribution in [0.1, 0.15) is 40.7 Å². The number of hydrogen-bond donors (Lipinski definition) is 1. The van der Waals surface area contributed by atoms with Gasteiger partial charge in [0.2, 0.25) is 0 Å². The SMILES string of the molecule is C=CCN(C)CCCCCc1ccc2c(c1)CC(C(=O)c1ccc(F)cc1)N2. The maximum atomic E-state index is 13.1. The Balaban J connectivity index is 1.49. The van der Waals surface area contributed by atoms with Gasteiger partial charge in [-0.1, -0.05) is 24.6 Å². The average molecular weight is 381 g/mol. The summed E-state index contributed by atoms with van der Waals surface area (Å²) in [5.41, 5.74) is 4.11. The number of ketones is 1. The highest BCUT2D eigenvalue weighted by atomic mass is 19.1. The first-order valence-electron chi connectivity index (χ1n) is 10.0. The highest BCUT2D eigenvalue weighted by molar-refractivity contribution is 6.02. The fourth-order valence-corrected chi connectivity index (χ4v) is 3.74. The van der Waals surface area contributed by atoms with Crippen LogP contribution in [0.4, 0.5) is 10.1 Å². The summed E-state index contributed by atoms with van der Waals surface area (Å²) < 4.78 is 13.1. The molecule has 0 aromatic heterocycles. The summed E-state index contributed by atoms with van der Waals surface area (Å²) in [6.07, 6.45) is 7.27. The normalized spacial score (nSPS) is 15.3. The van der Waals surface area contributed by atoms with Crippen LogP contribution in [-0.4, -0.2) is 36.9 Å². The molecule has 1 aliphatic heterocycles. The van der Waals surface area contributed by atoms with E-state index in [1.807, 2.05) is 6.08 Å². The molecule has 4 heteroatoms. The van der Waals surface area contributed by atoms with Crippen molar-refractivity contribution in [2.45, 2.75) is 38.1 Å². The molecule has 28 heavy (non-hydrogen) atoms. The first-order chi connectivity index (χ1) is 13.6. The van der Waals surface area contributed by atoms with E-state index in [9.17, 15) is 9.18 Å². The minimum absolute atomic E-state index is 0.0152. The average Bonchev–Trinajstić information content (AvgIpc) is 3.11. The fraction of sp³-hybridized carbons (Fsp3) is 0.375. The van der Waals surface area contributed by atoms with E-state index < -0.39 is 0 Å². The predicted octanol–water partition coefficient (Wildman–Crippen LogP) is 4.88. The Hall–Kier alpha value is -2.46. The molecule has 0 saturated heterocycles. The lowest BCUT2D eigenvalue weighted by atomic mass is 9.99. The zero-order chi connectivity index (χ0) is 19.9. The summed E-state index contributed by atoms with van der Waals surface area (Å²) in [5, 5.41) is 3.32. The molecule has 0 radical (unpaired) electrons. The summed E-state index contributed by atoms with van der Waals surface area (Å²) in [6, 6.07) is 12.0. The summed E-state index contributed by atoms with van der Waals surface area (Å²) in [6.45, 7) is 5.81. The van der Waals surface area contributed by atoms with Gasteiger partial charge in [-0.25, -0.2) is 4.39 Å². The van der Waals surface area contributed by atoms with Gasteiger partial charge < -0.3 is 10.2 Å². The van der Waals surface area contributed by atoms with E-state index in [1.54, 1.807) is 12.1 Å². The van der Waals surface area contributed by atoms with Crippen LogP contribution in [0.5, 0.6) is 0 Å². The van der Waals surface area contributed by atoms with Crippen LogP contribution in [-0.2, 0) is 12.8 Å². The van der Waals surface area contributed by atoms with Crippen molar-refractivity contribution in [2.24, 2.45) is 0 Å². The monoisotopic (exact) mass is 380 g/mol. The van der Waals surface area contributed by atoms with Crippen molar-refractivity contribution in [2.75, 3.05) is 25.5 Å². The molecule has 0 spiro atoms. The van der Waals surface area contributed by atoms with Crippen molar-refractivity contribution in [3.8, 4) is 0 Å². The number of fused-ring (bicyclic) bond motifs is 1. The summed E-state index contributed by atoms with van der Waals surface area (Å²) >= 11 is 0. The van der Waals surface area contributed by atoms with Gasteiger partial charge in [-0.2, -0.15) is 0 Å². The van der Waals surface area contributed by atoms with Crippen molar-refractivity contribution >= 4 is 11.5 Å². The van der Waals surface area contributed by atoms with Gasteiger partial charge >= 0.3 is 0 Å². The third-order valence-electron chi connectivity index (χ3n) is 5.31. The van der Waals surface area contributed by atoms with Crippen LogP contribution < -0.4 is 5.32 Å². The Bertz CT molecular complexity index is 816. The van der Waals surface area contributed by atoms with Crippen LogP contribution >= 0.6 is 0 Å². The zero-order valence-electron chi connectivity index (χ0n) is 16.6. The molecular weight excluding hydrogens is 351 g/mol. The minimum atomic E-state index is -0.323. The number of anilines is 1. The van der Waals surface area contributed by atoms with E-state index in [4.69, 9.17) is 0 Å². The van der Waals surface area contributed by atoms with Crippen molar-refractivity contribution in [1.82, 2.24) is 4.90 Å². The van der Waals surface area contributed by atoms with E-state index in [2.05, 4.69) is 42.0 Å². The molecule has 3 rings (SSSR count). The molecule has 0 aliphatic carbocycles. The van der Waals surface area contributed by atoms with Gasteiger partial charge in [0.15, 0.2) is 5.78 Å². The number of unbranched alkanes of at least 4 members (excludes halogenated alkanes) is 2. The maximum absolute atomic E-state index is 13.1. The molecule has 0 saturated carbocycles. The molecule has 1 atom stereocenters. The standard InChI is InChI=1S/C24H29FN2O/c1-3-14-27(2)15-6-4-5-7-18-8-13-22-20(16-18)17-23(26-22)24(28)19-9-11-21(25)12-10-19/h3,8-13,16,23,26H,1,4-7,14-15,17H2,2H3. The fourth-order valence-electron chi connectivity index (χ4n) is 3.74. The molecule has 0 fully saturated rings. The Morgan fingerprint density at radius 3 is 2.75 bits per heavy atom. The van der Waals surface area contributed by atoms with Crippen molar-refractivity contribution in [3.63, 3.8) is 0 Å². The van der Waals surface area contributed by atoms with Gasteiger partial charge in [-0.3, -0.25) is 4.79 Å². The van der Waals surface area contributed by atoms with E-state index in [1.165, 1.54) is 42.5 Å². The summed E-state index contributed by atoms with van der Waals surface area (Å²) in [4.78, 5) is 14.9. The number of rotatable bonds is 10. The van der Waals surface area contributed by atoms with Crippen LogP contribution in [0.3, 0.4) is 0 Å². The summed E-state index contributed by atoms with van der Waals surface area (Å²) in [7, 11) is 2.12. The quantitative estimate of drug-likeness (QED) is 0.362. The number of nitrogens with zero attached hydrogens (tertiary/aromatic N) is 1. The molecule has 2 aromatic carbocycles. The topological polar surface area (TPSA) is 32.3 Å². The third-order valence-corrected chi connectivity index (χ3v) is 5.31. The van der Waals surface area contributed by atoms with Gasteiger partial charge in [0.25, 0.3) is 0 Å². The van der Waals surface area contributed by atoms with Gasteiger partial charge in [0.1, 0.15) is 5.82 Å². The molecular formula is C24H29FN2O. The van der Waals surface area contributed by atoms with Gasteiger partial charge in [-0.05, 0) is 74.3 Å². The number of benzene rings is 2. The number of carbonyl (C=O) groups is 1. The van der Waals surface area contributed by atoms with Crippen LogP contribution in [0.15, 0.2) is 55.1 Å². The molecule has 0 amide bonds. The Morgan fingerprint density at radius 2 is 2.00 bits per heavy atom. The van der Waals surface area contributed by atoms with Gasteiger partial charge in [0.05, 0.1) is 6.04 Å². The minimum Gasteiger partial charge on any atom is -0.374 e. The molecule has 1 aliphatic rings. The first kappa shape index (κ1) is 20.3. The molecule has 1 heterocycles. The highest BCUT2D eigenvalue weighted by Gasteiger charge is 2.27. The van der Waals surface area contributed by atoms with Gasteiger partial charge in [-0.15, -0.1) is 6.58 Å². The Morgan fingerprint density at radius 1 is 1.21 bits per heavy atom. The van der Waals surface area contributed by atoms with E-state index in [-0.39, 0.29) is 17.6 Å². The number of nitrogens with one attached hydrogen (secondary N) is 1. The largest absolute Gasteiger partial charge is 0.374 e. The zero-order valence-corrected chi connectivity index (χ0v) is 16.6. The molecule has 148 valence electrons. The number of halogens is 1. The molecule has 0 bridgehead atoms. The smallest absolute Gasteiger partial charge is 0.185 e. The van der Waals surface area contributed by atoms with Crippen LogP contribution in [0.25, 0.3) is 0 Å². The predicted molar refractivity (Wildman–Crippen MR) is 114 cm³/mol. The molecule has 3 nitrogen and oxygen atoms in total. The first-order valence-corrected chi connectivity index (χ1v) is 10.0. The molecule has 1 unspecified atom stereocenters.